The van der Waals surface area contributed by atoms with E-state index in [0.717, 1.165) is 11.1 Å². The van der Waals surface area contributed by atoms with E-state index >= 15 is 0 Å². The molecule has 3 atom stereocenters. The Morgan fingerprint density at radius 3 is 2.77 bits per heavy atom. The molecule has 0 spiro atoms. The molecule has 1 aromatic heterocycles. The van der Waals surface area contributed by atoms with Crippen molar-refractivity contribution in [3.05, 3.63) is 84.4 Å². The summed E-state index contributed by atoms with van der Waals surface area (Å²) >= 11 is 7.53. The summed E-state index contributed by atoms with van der Waals surface area (Å²) in [5.41, 5.74) is 0.0956. The molecule has 30 heavy (non-hydrogen) atoms. The van der Waals surface area contributed by atoms with Crippen LogP contribution in [0.3, 0.4) is 0 Å². The second-order valence-corrected chi connectivity index (χ2v) is 8.76. The minimum absolute atomic E-state index is 0.226. The molecule has 0 aliphatic carbocycles. The molecule has 0 N–H and O–H groups in total. The average Bonchev–Trinajstić information content (AvgIpc) is 3.02. The molecule has 5 rings (SSSR count). The number of carbonyl (C=O) groups excluding carboxylic acids is 1. The average molecular weight is 441 g/mol. The number of halogens is 1. The summed E-state index contributed by atoms with van der Waals surface area (Å²) < 4.78 is 13.3. The first-order valence-electron chi connectivity index (χ1n) is 9.36. The van der Waals surface area contributed by atoms with Gasteiger partial charge >= 0.3 is 5.97 Å². The molecule has 0 unspecified atom stereocenters. The fourth-order valence-corrected chi connectivity index (χ4v) is 5.44. The fourth-order valence-electron chi connectivity index (χ4n) is 4.16. The van der Waals surface area contributed by atoms with Crippen LogP contribution in [0.5, 0.6) is 5.75 Å². The van der Waals surface area contributed by atoms with Crippen LogP contribution in [0.15, 0.2) is 58.3 Å². The van der Waals surface area contributed by atoms with Crippen LogP contribution >= 0.6 is 22.9 Å². The van der Waals surface area contributed by atoms with Gasteiger partial charge < -0.3 is 9.47 Å². The Labute approximate surface area is 180 Å². The summed E-state index contributed by atoms with van der Waals surface area (Å²) in [7, 11) is 1.33. The zero-order valence-electron chi connectivity index (χ0n) is 16.2. The lowest BCUT2D eigenvalue weighted by molar-refractivity contribution is -0.158. The number of fused-ring (bicyclic) bond motifs is 6. The Balaban J connectivity index is 1.81. The highest BCUT2D eigenvalue weighted by Crippen LogP contribution is 2.47. The van der Waals surface area contributed by atoms with Gasteiger partial charge in [-0.15, -0.1) is 0 Å². The van der Waals surface area contributed by atoms with E-state index in [1.54, 1.807) is 23.6 Å². The molecule has 6 nitrogen and oxygen atoms in total. The molecule has 0 saturated carbocycles. The quantitative estimate of drug-likeness (QED) is 0.574. The number of hydrogen-bond acceptors (Lipinski definition) is 6. The van der Waals surface area contributed by atoms with Crippen molar-refractivity contribution >= 4 is 35.0 Å². The van der Waals surface area contributed by atoms with Crippen LogP contribution in [0.2, 0.25) is 5.02 Å². The van der Waals surface area contributed by atoms with Crippen molar-refractivity contribution in [3.8, 4) is 5.75 Å². The molecule has 0 radical (unpaired) electrons. The third-order valence-electron chi connectivity index (χ3n) is 5.53. The van der Waals surface area contributed by atoms with Gasteiger partial charge in [0.05, 0.1) is 17.7 Å². The molecule has 8 heteroatoms. The lowest BCUT2D eigenvalue weighted by atomic mass is 9.81. The van der Waals surface area contributed by atoms with Crippen molar-refractivity contribution in [2.24, 2.45) is 10.9 Å². The smallest absolute Gasteiger partial charge is 0.317 e. The van der Waals surface area contributed by atoms with E-state index in [1.165, 1.54) is 18.4 Å². The molecule has 2 aliphatic rings. The number of nitrogens with zero attached hydrogens (tertiary/aromatic N) is 2. The normalized spacial score (nSPS) is 24.3. The topological polar surface area (TPSA) is 69.9 Å². The van der Waals surface area contributed by atoms with Gasteiger partial charge in [-0.3, -0.25) is 14.2 Å². The number of hydrogen-bond donors (Lipinski definition) is 0. The van der Waals surface area contributed by atoms with Gasteiger partial charge in [0.15, 0.2) is 4.80 Å². The van der Waals surface area contributed by atoms with Gasteiger partial charge in [-0.1, -0.05) is 59.3 Å². The van der Waals surface area contributed by atoms with Crippen molar-refractivity contribution in [2.45, 2.75) is 18.7 Å². The second-order valence-electron chi connectivity index (χ2n) is 7.34. The number of benzene rings is 2. The van der Waals surface area contributed by atoms with Crippen LogP contribution in [-0.2, 0) is 9.53 Å². The van der Waals surface area contributed by atoms with Gasteiger partial charge in [0.2, 0.25) is 5.72 Å². The summed E-state index contributed by atoms with van der Waals surface area (Å²) in [5.74, 6) is -0.652. The molecular formula is C22H17ClN2O4S. The van der Waals surface area contributed by atoms with Crippen LogP contribution in [0.4, 0.5) is 0 Å². The van der Waals surface area contributed by atoms with Crippen molar-refractivity contribution < 1.29 is 14.3 Å². The highest BCUT2D eigenvalue weighted by molar-refractivity contribution is 7.07. The number of para-hydroxylation sites is 1. The molecule has 0 amide bonds. The zero-order chi connectivity index (χ0) is 21.0. The van der Waals surface area contributed by atoms with Crippen molar-refractivity contribution in [1.82, 2.24) is 4.57 Å². The van der Waals surface area contributed by atoms with Crippen molar-refractivity contribution in [3.63, 3.8) is 0 Å². The minimum atomic E-state index is -1.18. The van der Waals surface area contributed by atoms with Gasteiger partial charge in [0.1, 0.15) is 11.7 Å². The Hall–Kier alpha value is -2.90. The summed E-state index contributed by atoms with van der Waals surface area (Å²) in [5, 5.41) is 0.553. The predicted octanol–water partition coefficient (Wildman–Crippen LogP) is 2.51. The fraction of sp³-hybridized carbons (Fsp3) is 0.227. The van der Waals surface area contributed by atoms with Crippen LogP contribution in [0.1, 0.15) is 24.1 Å². The molecule has 3 aromatic rings. The summed E-state index contributed by atoms with van der Waals surface area (Å²) in [6.07, 6.45) is 1.75. The molecular weight excluding hydrogens is 424 g/mol. The Kier molecular flexibility index (Phi) is 4.34. The monoisotopic (exact) mass is 440 g/mol. The van der Waals surface area contributed by atoms with E-state index in [-0.39, 0.29) is 5.56 Å². The number of aromatic nitrogens is 1. The Morgan fingerprint density at radius 1 is 1.27 bits per heavy atom. The van der Waals surface area contributed by atoms with Crippen LogP contribution in [-0.4, -0.2) is 23.4 Å². The van der Waals surface area contributed by atoms with Crippen LogP contribution in [0.25, 0.3) is 6.08 Å². The molecule has 2 aromatic carbocycles. The predicted molar refractivity (Wildman–Crippen MR) is 113 cm³/mol. The van der Waals surface area contributed by atoms with Gasteiger partial charge in [0, 0.05) is 10.6 Å². The number of rotatable bonds is 2. The third kappa shape index (κ3) is 2.73. The molecule has 3 heterocycles. The molecule has 152 valence electrons. The Bertz CT molecular complexity index is 1360. The van der Waals surface area contributed by atoms with E-state index in [4.69, 9.17) is 26.1 Å². The lowest BCUT2D eigenvalue weighted by Crippen LogP contribution is -2.58. The first-order valence-corrected chi connectivity index (χ1v) is 10.6. The maximum absolute atomic E-state index is 13.4. The number of methoxy groups -OCH3 is 1. The first kappa shape index (κ1) is 19.1. The van der Waals surface area contributed by atoms with Gasteiger partial charge in [-0.2, -0.15) is 0 Å². The summed E-state index contributed by atoms with van der Waals surface area (Å²) in [6, 6.07) is 14.1. The highest BCUT2D eigenvalue weighted by atomic mass is 35.5. The third-order valence-corrected chi connectivity index (χ3v) is 6.85. The summed E-state index contributed by atoms with van der Waals surface area (Å²) in [4.78, 5) is 31.4. The van der Waals surface area contributed by atoms with Gasteiger partial charge in [0.25, 0.3) is 5.56 Å². The first-order chi connectivity index (χ1) is 14.4. The summed E-state index contributed by atoms with van der Waals surface area (Å²) in [6.45, 7) is 1.75. The molecule has 0 saturated heterocycles. The maximum Gasteiger partial charge on any atom is 0.317 e. The van der Waals surface area contributed by atoms with E-state index in [9.17, 15) is 9.59 Å². The van der Waals surface area contributed by atoms with Crippen molar-refractivity contribution in [1.29, 1.82) is 0 Å². The molecule has 2 aliphatic heterocycles. The van der Waals surface area contributed by atoms with E-state index in [1.807, 2.05) is 42.5 Å². The lowest BCUT2D eigenvalue weighted by Gasteiger charge is -2.44. The number of thiazole rings is 1. The largest absolute Gasteiger partial charge is 0.469 e. The maximum atomic E-state index is 13.4. The van der Waals surface area contributed by atoms with Crippen LogP contribution in [0, 0.1) is 5.92 Å². The van der Waals surface area contributed by atoms with E-state index in [2.05, 4.69) is 0 Å². The molecule has 0 fully saturated rings. The standard InChI is InChI=1S/C22H17ClN2O4S/c1-22-17(20(27)28-2)18(13-8-4-6-10-15(13)29-22)25-19(26)16(30-21(25)24-22)11-12-7-3-5-9-14(12)23/h3-11,17-18H,1-2H3/b16-11+/t17-,18-,22+/m1/s1. The van der Waals surface area contributed by atoms with E-state index in [0.29, 0.717) is 20.1 Å². The molecule has 2 bridgehead atoms. The number of ether oxygens (including phenoxy) is 2. The number of esters is 1. The highest BCUT2D eigenvalue weighted by Gasteiger charge is 2.55. The number of carbonyl (C=O) groups is 1. The minimum Gasteiger partial charge on any atom is -0.469 e. The second kappa shape index (κ2) is 6.82. The van der Waals surface area contributed by atoms with Gasteiger partial charge in [-0.25, -0.2) is 4.99 Å². The van der Waals surface area contributed by atoms with Crippen molar-refractivity contribution in [2.75, 3.05) is 7.11 Å². The SMILES string of the molecule is COC(=O)[C@H]1[C@H]2c3ccccc3O[C@]1(C)N=c1s/c(=C/c3ccccc3Cl)c(=O)n12. The van der Waals surface area contributed by atoms with E-state index < -0.39 is 23.7 Å². The van der Waals surface area contributed by atoms with Gasteiger partial charge in [-0.05, 0) is 30.7 Å². The van der Waals surface area contributed by atoms with Crippen LogP contribution < -0.4 is 19.6 Å². The Morgan fingerprint density at radius 2 is 2.00 bits per heavy atom. The zero-order valence-corrected chi connectivity index (χ0v) is 17.7.